The van der Waals surface area contributed by atoms with Gasteiger partial charge in [0.25, 0.3) is 0 Å². The molecule has 0 unspecified atom stereocenters. The molecule has 1 fully saturated rings. The summed E-state index contributed by atoms with van der Waals surface area (Å²) in [7, 11) is 1.63. The first-order valence-corrected chi connectivity index (χ1v) is 9.77. The van der Waals surface area contributed by atoms with Crippen LogP contribution in [-0.4, -0.2) is 57.7 Å². The summed E-state index contributed by atoms with van der Waals surface area (Å²) in [5.41, 5.74) is 2.06. The number of anilines is 1. The zero-order valence-corrected chi connectivity index (χ0v) is 16.1. The average molecular weight is 382 g/mol. The highest BCUT2D eigenvalue weighted by molar-refractivity contribution is 5.71. The van der Waals surface area contributed by atoms with Gasteiger partial charge in [0.1, 0.15) is 11.3 Å². The minimum absolute atomic E-state index is 0.189. The molecule has 3 aromatic rings. The summed E-state index contributed by atoms with van der Waals surface area (Å²) in [6.45, 7) is 4.78. The monoisotopic (exact) mass is 382 g/mol. The zero-order valence-electron chi connectivity index (χ0n) is 16.1. The van der Waals surface area contributed by atoms with Crippen molar-refractivity contribution in [2.75, 3.05) is 38.6 Å². The summed E-state index contributed by atoms with van der Waals surface area (Å²) >= 11 is 0. The second kappa shape index (κ2) is 8.43. The van der Waals surface area contributed by atoms with Crippen molar-refractivity contribution in [3.8, 4) is 5.75 Å². The number of H-pyrrole nitrogens is 1. The van der Waals surface area contributed by atoms with E-state index in [2.05, 4.69) is 25.2 Å². The fraction of sp³-hybridized carbons (Fsp3) is 0.450. The maximum Gasteiger partial charge on any atom is 0.328 e. The van der Waals surface area contributed by atoms with E-state index in [1.165, 1.54) is 25.9 Å². The number of fused-ring (bicyclic) bond motifs is 1. The molecule has 0 radical (unpaired) electrons. The molecule has 2 N–H and O–H groups in total. The molecule has 1 saturated heterocycles. The van der Waals surface area contributed by atoms with E-state index in [-0.39, 0.29) is 5.69 Å². The van der Waals surface area contributed by atoms with Crippen molar-refractivity contribution in [1.82, 2.24) is 24.4 Å². The van der Waals surface area contributed by atoms with E-state index in [4.69, 9.17) is 4.74 Å². The van der Waals surface area contributed by atoms with Gasteiger partial charge in [0.2, 0.25) is 5.95 Å². The van der Waals surface area contributed by atoms with Crippen LogP contribution < -0.4 is 15.7 Å². The molecule has 3 heterocycles. The Kier molecular flexibility index (Phi) is 5.57. The summed E-state index contributed by atoms with van der Waals surface area (Å²) in [5.74, 6) is 1.34. The lowest BCUT2D eigenvalue weighted by molar-refractivity contribution is 0.337. The molecule has 8 heteroatoms. The van der Waals surface area contributed by atoms with Gasteiger partial charge >= 0.3 is 5.69 Å². The number of ether oxygens (including phenoxy) is 1. The number of aromatic nitrogens is 4. The van der Waals surface area contributed by atoms with Gasteiger partial charge in [-0.15, -0.1) is 0 Å². The number of aromatic amines is 1. The second-order valence-corrected chi connectivity index (χ2v) is 7.12. The largest absolute Gasteiger partial charge is 0.497 e. The van der Waals surface area contributed by atoms with Crippen LogP contribution in [0.3, 0.4) is 0 Å². The first-order chi connectivity index (χ1) is 13.7. The number of benzene rings is 1. The molecule has 8 nitrogen and oxygen atoms in total. The third-order valence-corrected chi connectivity index (χ3v) is 5.14. The predicted octanol–water partition coefficient (Wildman–Crippen LogP) is 2.07. The van der Waals surface area contributed by atoms with Gasteiger partial charge in [-0.1, -0.05) is 12.1 Å². The van der Waals surface area contributed by atoms with Gasteiger partial charge in [0, 0.05) is 6.54 Å². The van der Waals surface area contributed by atoms with Crippen LogP contribution in [0.1, 0.15) is 24.8 Å². The number of hydrogen-bond donors (Lipinski definition) is 2. The minimum atomic E-state index is -0.189. The molecule has 0 atom stereocenters. The summed E-state index contributed by atoms with van der Waals surface area (Å²) in [4.78, 5) is 26.6. The second-order valence-electron chi connectivity index (χ2n) is 7.12. The van der Waals surface area contributed by atoms with Crippen molar-refractivity contribution in [1.29, 1.82) is 0 Å². The number of rotatable bonds is 8. The Hall–Kier alpha value is -2.87. The highest BCUT2D eigenvalue weighted by atomic mass is 16.5. The lowest BCUT2D eigenvalue weighted by atomic mass is 10.2. The maximum absolute atomic E-state index is 12.4. The van der Waals surface area contributed by atoms with Crippen LogP contribution in [0.5, 0.6) is 5.75 Å². The fourth-order valence-corrected chi connectivity index (χ4v) is 3.60. The quantitative estimate of drug-likeness (QED) is 0.580. The first-order valence-electron chi connectivity index (χ1n) is 9.77. The summed E-state index contributed by atoms with van der Waals surface area (Å²) in [6, 6.07) is 7.67. The van der Waals surface area contributed by atoms with Crippen LogP contribution in [0.2, 0.25) is 0 Å². The molecule has 28 heavy (non-hydrogen) atoms. The van der Waals surface area contributed by atoms with E-state index in [0.29, 0.717) is 23.7 Å². The van der Waals surface area contributed by atoms with E-state index >= 15 is 0 Å². The van der Waals surface area contributed by atoms with Crippen LogP contribution in [0.15, 0.2) is 35.3 Å². The van der Waals surface area contributed by atoms with E-state index in [1.807, 2.05) is 24.3 Å². The predicted molar refractivity (Wildman–Crippen MR) is 109 cm³/mol. The molecular weight excluding hydrogens is 356 g/mol. The normalized spacial score (nSPS) is 14.6. The molecule has 0 aliphatic carbocycles. The first kappa shape index (κ1) is 18.5. The minimum Gasteiger partial charge on any atom is -0.497 e. The Morgan fingerprint density at radius 1 is 1.21 bits per heavy atom. The van der Waals surface area contributed by atoms with Crippen molar-refractivity contribution >= 4 is 17.1 Å². The molecule has 1 aromatic carbocycles. The Balaban J connectivity index is 1.45. The van der Waals surface area contributed by atoms with Gasteiger partial charge in [-0.05, 0) is 56.6 Å². The lowest BCUT2D eigenvalue weighted by Gasteiger charge is -2.14. The third-order valence-electron chi connectivity index (χ3n) is 5.14. The lowest BCUT2D eigenvalue weighted by Crippen LogP contribution is -2.22. The Morgan fingerprint density at radius 3 is 2.75 bits per heavy atom. The summed E-state index contributed by atoms with van der Waals surface area (Å²) < 4.78 is 6.82. The van der Waals surface area contributed by atoms with Crippen LogP contribution in [0.4, 0.5) is 5.95 Å². The Bertz CT molecular complexity index is 973. The van der Waals surface area contributed by atoms with Gasteiger partial charge in [-0.2, -0.15) is 4.98 Å². The Morgan fingerprint density at radius 2 is 2.00 bits per heavy atom. The summed E-state index contributed by atoms with van der Waals surface area (Å²) in [5, 5.41) is 3.28. The van der Waals surface area contributed by atoms with Crippen molar-refractivity contribution in [3.05, 3.63) is 46.5 Å². The molecule has 2 aromatic heterocycles. The van der Waals surface area contributed by atoms with Crippen LogP contribution in [0, 0.1) is 0 Å². The number of likely N-dealkylation sites (tertiary alicyclic amines) is 1. The summed E-state index contributed by atoms with van der Waals surface area (Å²) in [6.07, 6.45) is 5.34. The van der Waals surface area contributed by atoms with Crippen molar-refractivity contribution in [3.63, 3.8) is 0 Å². The highest BCUT2D eigenvalue weighted by Gasteiger charge is 2.12. The van der Waals surface area contributed by atoms with E-state index < -0.39 is 0 Å². The van der Waals surface area contributed by atoms with Gasteiger partial charge in [0.15, 0.2) is 5.65 Å². The number of nitrogens with one attached hydrogen (secondary N) is 2. The van der Waals surface area contributed by atoms with Crippen LogP contribution in [0.25, 0.3) is 11.2 Å². The third kappa shape index (κ3) is 4.17. The standard InChI is InChI=1S/C20H26N6O2/c1-28-16-7-5-15(6-8-16)14-26-18-17(23-20(26)27)13-22-19(24-18)21-9-4-12-25-10-2-3-11-25/h5-8,13H,2-4,9-12,14H2,1H3,(H,23,27)(H,21,22,24). The number of methoxy groups -OCH3 is 1. The van der Waals surface area contributed by atoms with Gasteiger partial charge < -0.3 is 19.9 Å². The van der Waals surface area contributed by atoms with Gasteiger partial charge in [-0.3, -0.25) is 4.57 Å². The Labute approximate surface area is 163 Å². The van der Waals surface area contributed by atoms with Gasteiger partial charge in [0.05, 0.1) is 19.9 Å². The molecule has 4 rings (SSSR count). The number of nitrogens with zero attached hydrogens (tertiary/aromatic N) is 4. The van der Waals surface area contributed by atoms with E-state index in [9.17, 15) is 4.79 Å². The van der Waals surface area contributed by atoms with Crippen molar-refractivity contribution in [2.45, 2.75) is 25.8 Å². The smallest absolute Gasteiger partial charge is 0.328 e. The fourth-order valence-electron chi connectivity index (χ4n) is 3.60. The SMILES string of the molecule is COc1ccc(Cn2c(=O)[nH]c3cnc(NCCCN4CCCC4)nc32)cc1. The van der Waals surface area contributed by atoms with E-state index in [0.717, 1.165) is 30.8 Å². The van der Waals surface area contributed by atoms with Crippen molar-refractivity contribution < 1.29 is 4.74 Å². The molecule has 148 valence electrons. The zero-order chi connectivity index (χ0) is 19.3. The molecule has 1 aliphatic rings. The highest BCUT2D eigenvalue weighted by Crippen LogP contribution is 2.15. The molecule has 0 spiro atoms. The molecular formula is C20H26N6O2. The molecule has 1 aliphatic heterocycles. The molecule has 0 saturated carbocycles. The van der Waals surface area contributed by atoms with Crippen molar-refractivity contribution in [2.24, 2.45) is 0 Å². The number of hydrogen-bond acceptors (Lipinski definition) is 6. The average Bonchev–Trinajstić information content (AvgIpc) is 3.34. The maximum atomic E-state index is 12.4. The van der Waals surface area contributed by atoms with Gasteiger partial charge in [-0.25, -0.2) is 9.78 Å². The number of imidazole rings is 1. The van der Waals surface area contributed by atoms with Crippen LogP contribution >= 0.6 is 0 Å². The van der Waals surface area contributed by atoms with Crippen LogP contribution in [-0.2, 0) is 6.54 Å². The topological polar surface area (TPSA) is 88.1 Å². The van der Waals surface area contributed by atoms with E-state index in [1.54, 1.807) is 17.9 Å². The molecule has 0 bridgehead atoms. The molecule has 0 amide bonds.